The lowest BCUT2D eigenvalue weighted by atomic mass is 10.3. The summed E-state index contributed by atoms with van der Waals surface area (Å²) >= 11 is 12.0. The Bertz CT molecular complexity index is 676. The van der Waals surface area contributed by atoms with Gasteiger partial charge in [-0.05, 0) is 26.2 Å². The Balaban J connectivity index is 1.99. The molecule has 23 heavy (non-hydrogen) atoms. The molecule has 0 radical (unpaired) electrons. The number of nitrogens with zero attached hydrogens (tertiary/aromatic N) is 3. The molecule has 6 nitrogen and oxygen atoms in total. The van der Waals surface area contributed by atoms with Crippen molar-refractivity contribution in [2.24, 2.45) is 0 Å². The van der Waals surface area contributed by atoms with Crippen molar-refractivity contribution in [3.05, 3.63) is 46.2 Å². The van der Waals surface area contributed by atoms with Gasteiger partial charge >= 0.3 is 0 Å². The highest BCUT2D eigenvalue weighted by Crippen LogP contribution is 2.30. The maximum Gasteiger partial charge on any atom is 0.254 e. The van der Waals surface area contributed by atoms with E-state index >= 15 is 0 Å². The van der Waals surface area contributed by atoms with Crippen LogP contribution in [0.15, 0.2) is 30.6 Å². The maximum absolute atomic E-state index is 11.9. The molecule has 2 rings (SSSR count). The third-order valence-electron chi connectivity index (χ3n) is 2.96. The lowest BCUT2D eigenvalue weighted by Crippen LogP contribution is -2.31. The van der Waals surface area contributed by atoms with Crippen LogP contribution in [0.2, 0.25) is 10.0 Å². The van der Waals surface area contributed by atoms with Gasteiger partial charge in [0.15, 0.2) is 0 Å². The van der Waals surface area contributed by atoms with Gasteiger partial charge < -0.3 is 15.5 Å². The van der Waals surface area contributed by atoms with Crippen molar-refractivity contribution in [3.63, 3.8) is 0 Å². The van der Waals surface area contributed by atoms with Gasteiger partial charge in [0.25, 0.3) is 5.91 Å². The number of nitrogens with one attached hydrogen (secondary N) is 2. The van der Waals surface area contributed by atoms with Crippen LogP contribution < -0.4 is 10.6 Å². The lowest BCUT2D eigenvalue weighted by Gasteiger charge is -2.10. The van der Waals surface area contributed by atoms with Crippen LogP contribution in [-0.2, 0) is 0 Å². The molecule has 2 aromatic rings. The number of hydrogen-bond donors (Lipinski definition) is 2. The summed E-state index contributed by atoms with van der Waals surface area (Å²) in [6.07, 6.45) is 2.91. The SMILES string of the molecule is CN(C)CCNC(=O)c1cnc(Nc2cccc(Cl)c2Cl)nc1. The molecule has 0 fully saturated rings. The predicted octanol–water partition coefficient (Wildman–Crippen LogP) is 2.82. The minimum absolute atomic E-state index is 0.209. The third kappa shape index (κ3) is 5.06. The normalized spacial score (nSPS) is 10.7. The Kier molecular flexibility index (Phi) is 6.15. The molecule has 0 unspecified atom stereocenters. The van der Waals surface area contributed by atoms with Crippen LogP contribution in [0.3, 0.4) is 0 Å². The van der Waals surface area contributed by atoms with E-state index in [1.54, 1.807) is 18.2 Å². The number of amides is 1. The zero-order valence-corrected chi connectivity index (χ0v) is 14.3. The van der Waals surface area contributed by atoms with Crippen LogP contribution in [0, 0.1) is 0 Å². The first-order valence-electron chi connectivity index (χ1n) is 6.93. The van der Waals surface area contributed by atoms with E-state index in [9.17, 15) is 4.79 Å². The van der Waals surface area contributed by atoms with Crippen molar-refractivity contribution in [3.8, 4) is 0 Å². The van der Waals surface area contributed by atoms with Gasteiger partial charge in [-0.1, -0.05) is 29.3 Å². The van der Waals surface area contributed by atoms with E-state index in [0.717, 1.165) is 6.54 Å². The van der Waals surface area contributed by atoms with E-state index in [1.165, 1.54) is 12.4 Å². The fourth-order valence-electron chi connectivity index (χ4n) is 1.73. The van der Waals surface area contributed by atoms with Crippen molar-refractivity contribution >= 4 is 40.7 Å². The van der Waals surface area contributed by atoms with Gasteiger partial charge in [-0.3, -0.25) is 4.79 Å². The number of halogens is 2. The molecule has 1 aromatic heterocycles. The summed E-state index contributed by atoms with van der Waals surface area (Å²) in [7, 11) is 3.88. The molecule has 2 N–H and O–H groups in total. The number of anilines is 2. The number of hydrogen-bond acceptors (Lipinski definition) is 5. The molecule has 0 bridgehead atoms. The molecule has 8 heteroatoms. The van der Waals surface area contributed by atoms with Gasteiger partial charge in [0.2, 0.25) is 5.95 Å². The Hall–Kier alpha value is -1.89. The second-order valence-electron chi connectivity index (χ2n) is 5.08. The number of benzene rings is 1. The average Bonchev–Trinajstić information content (AvgIpc) is 2.52. The number of rotatable bonds is 6. The predicted molar refractivity (Wildman–Crippen MR) is 92.7 cm³/mol. The van der Waals surface area contributed by atoms with Gasteiger partial charge in [0, 0.05) is 25.5 Å². The monoisotopic (exact) mass is 353 g/mol. The molecule has 0 aliphatic rings. The molecule has 0 aliphatic carbocycles. The minimum Gasteiger partial charge on any atom is -0.351 e. The third-order valence-corrected chi connectivity index (χ3v) is 3.78. The van der Waals surface area contributed by atoms with Crippen LogP contribution in [-0.4, -0.2) is 48.0 Å². The first kappa shape index (κ1) is 17.5. The molecule has 0 saturated heterocycles. The van der Waals surface area contributed by atoms with Crippen LogP contribution in [0.5, 0.6) is 0 Å². The van der Waals surface area contributed by atoms with Gasteiger partial charge in [-0.25, -0.2) is 9.97 Å². The van der Waals surface area contributed by atoms with Crippen LogP contribution in [0.25, 0.3) is 0 Å². The Morgan fingerprint density at radius 3 is 2.57 bits per heavy atom. The topological polar surface area (TPSA) is 70.2 Å². The molecular formula is C15H17Cl2N5O. The highest BCUT2D eigenvalue weighted by atomic mass is 35.5. The van der Waals surface area contributed by atoms with Crippen molar-refractivity contribution < 1.29 is 4.79 Å². The molecule has 1 amide bonds. The average molecular weight is 354 g/mol. The summed E-state index contributed by atoms with van der Waals surface area (Å²) in [5.41, 5.74) is 0.994. The molecule has 1 aromatic carbocycles. The Labute approximate surface area is 144 Å². The van der Waals surface area contributed by atoms with E-state index in [-0.39, 0.29) is 5.91 Å². The molecule has 0 spiro atoms. The fraction of sp³-hybridized carbons (Fsp3) is 0.267. The van der Waals surface area contributed by atoms with Crippen LogP contribution in [0.4, 0.5) is 11.6 Å². The first-order valence-corrected chi connectivity index (χ1v) is 7.69. The minimum atomic E-state index is -0.209. The Morgan fingerprint density at radius 1 is 1.22 bits per heavy atom. The van der Waals surface area contributed by atoms with E-state index in [0.29, 0.717) is 33.8 Å². The Morgan fingerprint density at radius 2 is 1.91 bits per heavy atom. The quantitative estimate of drug-likeness (QED) is 0.835. The summed E-state index contributed by atoms with van der Waals surface area (Å²) in [6.45, 7) is 1.32. The second kappa shape index (κ2) is 8.10. The molecule has 1 heterocycles. The van der Waals surface area contributed by atoms with Crippen molar-refractivity contribution in [1.82, 2.24) is 20.2 Å². The molecule has 0 atom stereocenters. The number of likely N-dealkylation sites (N-methyl/N-ethyl adjacent to an activating group) is 1. The van der Waals surface area contributed by atoms with Gasteiger partial charge in [0.1, 0.15) is 0 Å². The summed E-state index contributed by atoms with van der Waals surface area (Å²) < 4.78 is 0. The molecule has 122 valence electrons. The first-order chi connectivity index (χ1) is 11.0. The summed E-state index contributed by atoms with van der Waals surface area (Å²) in [4.78, 5) is 22.1. The number of carbonyl (C=O) groups excluding carboxylic acids is 1. The maximum atomic E-state index is 11.9. The smallest absolute Gasteiger partial charge is 0.254 e. The summed E-state index contributed by atoms with van der Waals surface area (Å²) in [5.74, 6) is 0.123. The van der Waals surface area contributed by atoms with Crippen LogP contribution >= 0.6 is 23.2 Å². The van der Waals surface area contributed by atoms with Gasteiger partial charge in [-0.15, -0.1) is 0 Å². The van der Waals surface area contributed by atoms with Gasteiger partial charge in [-0.2, -0.15) is 0 Å². The van der Waals surface area contributed by atoms with Crippen LogP contribution in [0.1, 0.15) is 10.4 Å². The highest BCUT2D eigenvalue weighted by Gasteiger charge is 2.09. The molecule has 0 aliphatic heterocycles. The fourth-order valence-corrected chi connectivity index (χ4v) is 2.07. The molecular weight excluding hydrogens is 337 g/mol. The van der Waals surface area contributed by atoms with Crippen molar-refractivity contribution in [2.45, 2.75) is 0 Å². The number of aromatic nitrogens is 2. The standard InChI is InChI=1S/C15H17Cl2N5O/c1-22(2)7-6-18-14(23)10-8-19-15(20-9-10)21-12-5-3-4-11(16)13(12)17/h3-5,8-9H,6-7H2,1-2H3,(H,18,23)(H,19,20,21). The second-order valence-corrected chi connectivity index (χ2v) is 5.87. The lowest BCUT2D eigenvalue weighted by molar-refractivity contribution is 0.0950. The van der Waals surface area contributed by atoms with Gasteiger partial charge in [0.05, 0.1) is 21.3 Å². The zero-order valence-electron chi connectivity index (χ0n) is 12.8. The van der Waals surface area contributed by atoms with Crippen molar-refractivity contribution in [1.29, 1.82) is 0 Å². The summed E-state index contributed by atoms with van der Waals surface area (Å²) in [5, 5.41) is 6.59. The highest BCUT2D eigenvalue weighted by molar-refractivity contribution is 6.43. The molecule has 0 saturated carbocycles. The van der Waals surface area contributed by atoms with E-state index in [1.807, 2.05) is 19.0 Å². The summed E-state index contributed by atoms with van der Waals surface area (Å²) in [6, 6.07) is 5.22. The van der Waals surface area contributed by atoms with Crippen molar-refractivity contribution in [2.75, 3.05) is 32.5 Å². The largest absolute Gasteiger partial charge is 0.351 e. The van der Waals surface area contributed by atoms with E-state index in [2.05, 4.69) is 20.6 Å². The number of carbonyl (C=O) groups is 1. The van der Waals surface area contributed by atoms with E-state index < -0.39 is 0 Å². The zero-order chi connectivity index (χ0) is 16.8. The van der Waals surface area contributed by atoms with E-state index in [4.69, 9.17) is 23.2 Å².